The molecule has 0 aliphatic heterocycles. The second kappa shape index (κ2) is 5.29. The molecule has 90 valence electrons. The second-order valence-electron chi connectivity index (χ2n) is 3.42. The number of thiophene rings is 1. The van der Waals surface area contributed by atoms with Crippen molar-refractivity contribution in [3.8, 4) is 0 Å². The van der Waals surface area contributed by atoms with E-state index in [2.05, 4.69) is 15.9 Å². The van der Waals surface area contributed by atoms with Gasteiger partial charge in [0, 0.05) is 15.5 Å². The molecule has 0 fully saturated rings. The standard InChI is InChI=1S/C11H9BrFNOS2/c12-11-2-1-9(16-11)6-17(15)10-4-7(13)3-8(14)5-10/h1-5H,6,14H2. The van der Waals surface area contributed by atoms with Gasteiger partial charge in [-0.05, 0) is 46.3 Å². The molecule has 0 aliphatic carbocycles. The minimum absolute atomic E-state index is 0.292. The molecule has 0 saturated carbocycles. The van der Waals surface area contributed by atoms with Gasteiger partial charge in [0.15, 0.2) is 0 Å². The van der Waals surface area contributed by atoms with E-state index in [4.69, 9.17) is 5.73 Å². The SMILES string of the molecule is Nc1cc(F)cc(S(=O)Cc2ccc(Br)s2)c1. The lowest BCUT2D eigenvalue weighted by molar-refractivity contribution is 0.623. The molecule has 0 spiro atoms. The number of rotatable bonds is 3. The lowest BCUT2D eigenvalue weighted by Gasteiger charge is -2.02. The van der Waals surface area contributed by atoms with E-state index >= 15 is 0 Å². The Bertz CT molecular complexity index is 550. The first-order chi connectivity index (χ1) is 8.04. The minimum atomic E-state index is -1.27. The van der Waals surface area contributed by atoms with E-state index in [0.717, 1.165) is 8.66 Å². The van der Waals surface area contributed by atoms with Crippen molar-refractivity contribution in [3.05, 3.63) is 44.8 Å². The van der Waals surface area contributed by atoms with Gasteiger partial charge in [0.25, 0.3) is 0 Å². The summed E-state index contributed by atoms with van der Waals surface area (Å²) in [6.07, 6.45) is 0. The number of hydrogen-bond acceptors (Lipinski definition) is 3. The minimum Gasteiger partial charge on any atom is -0.399 e. The highest BCUT2D eigenvalue weighted by Crippen LogP contribution is 2.25. The Hall–Kier alpha value is -0.720. The average molecular weight is 334 g/mol. The first kappa shape index (κ1) is 12.7. The van der Waals surface area contributed by atoms with Crippen LogP contribution in [0.2, 0.25) is 0 Å². The summed E-state index contributed by atoms with van der Waals surface area (Å²) >= 11 is 4.86. The van der Waals surface area contributed by atoms with Crippen molar-refractivity contribution < 1.29 is 8.60 Å². The van der Waals surface area contributed by atoms with Gasteiger partial charge in [0.05, 0.1) is 20.3 Å². The predicted molar refractivity (Wildman–Crippen MR) is 72.9 cm³/mol. The molecule has 1 atom stereocenters. The summed E-state index contributed by atoms with van der Waals surface area (Å²) in [5, 5.41) is 0. The van der Waals surface area contributed by atoms with E-state index in [1.165, 1.54) is 23.5 Å². The van der Waals surface area contributed by atoms with E-state index in [1.807, 2.05) is 12.1 Å². The highest BCUT2D eigenvalue weighted by Gasteiger charge is 2.09. The number of benzene rings is 1. The molecule has 17 heavy (non-hydrogen) atoms. The van der Waals surface area contributed by atoms with E-state index in [0.29, 0.717) is 16.3 Å². The van der Waals surface area contributed by atoms with Crippen LogP contribution < -0.4 is 5.73 Å². The number of nitrogens with two attached hydrogens (primary N) is 1. The Labute approximate surface area is 113 Å². The molecule has 1 aromatic heterocycles. The van der Waals surface area contributed by atoms with Gasteiger partial charge >= 0.3 is 0 Å². The summed E-state index contributed by atoms with van der Waals surface area (Å²) < 4.78 is 26.1. The fourth-order valence-corrected chi connectivity index (χ4v) is 4.23. The molecule has 1 aromatic carbocycles. The van der Waals surface area contributed by atoms with Crippen molar-refractivity contribution in [3.63, 3.8) is 0 Å². The molecule has 1 unspecified atom stereocenters. The Kier molecular flexibility index (Phi) is 3.96. The maximum atomic E-state index is 13.1. The van der Waals surface area contributed by atoms with Crippen LogP contribution in [0.15, 0.2) is 39.0 Å². The maximum absolute atomic E-state index is 13.1. The average Bonchev–Trinajstić information content (AvgIpc) is 2.62. The van der Waals surface area contributed by atoms with Gasteiger partial charge in [0.2, 0.25) is 0 Å². The smallest absolute Gasteiger partial charge is 0.126 e. The molecule has 6 heteroatoms. The van der Waals surface area contributed by atoms with Crippen LogP contribution in [0.25, 0.3) is 0 Å². The van der Waals surface area contributed by atoms with E-state index in [9.17, 15) is 8.60 Å². The van der Waals surface area contributed by atoms with Crippen molar-refractivity contribution in [1.82, 2.24) is 0 Å². The summed E-state index contributed by atoms with van der Waals surface area (Å²) in [5.41, 5.74) is 5.81. The Morgan fingerprint density at radius 2 is 2.12 bits per heavy atom. The fraction of sp³-hybridized carbons (Fsp3) is 0.0909. The lowest BCUT2D eigenvalue weighted by atomic mass is 10.3. The van der Waals surface area contributed by atoms with Crippen molar-refractivity contribution in [2.24, 2.45) is 0 Å². The van der Waals surface area contributed by atoms with Crippen LogP contribution in [0.4, 0.5) is 10.1 Å². The highest BCUT2D eigenvalue weighted by molar-refractivity contribution is 9.11. The first-order valence-electron chi connectivity index (χ1n) is 4.73. The van der Waals surface area contributed by atoms with Gasteiger partial charge in [0.1, 0.15) is 5.82 Å². The van der Waals surface area contributed by atoms with E-state index in [-0.39, 0.29) is 0 Å². The maximum Gasteiger partial charge on any atom is 0.126 e. The summed E-state index contributed by atoms with van der Waals surface area (Å²) in [4.78, 5) is 1.41. The van der Waals surface area contributed by atoms with Gasteiger partial charge in [-0.25, -0.2) is 4.39 Å². The van der Waals surface area contributed by atoms with Gasteiger partial charge in [-0.15, -0.1) is 11.3 Å². The summed E-state index contributed by atoms with van der Waals surface area (Å²) in [6.45, 7) is 0. The van der Waals surface area contributed by atoms with Crippen LogP contribution >= 0.6 is 27.3 Å². The summed E-state index contributed by atoms with van der Waals surface area (Å²) in [7, 11) is -1.27. The third-order valence-corrected chi connectivity index (χ3v) is 5.20. The number of halogens is 2. The van der Waals surface area contributed by atoms with Crippen LogP contribution in [0.5, 0.6) is 0 Å². The zero-order valence-electron chi connectivity index (χ0n) is 8.65. The van der Waals surface area contributed by atoms with Crippen molar-refractivity contribution in [1.29, 1.82) is 0 Å². The number of hydrogen-bond donors (Lipinski definition) is 1. The zero-order valence-corrected chi connectivity index (χ0v) is 11.9. The molecule has 2 N–H and O–H groups in total. The molecule has 2 nitrogen and oxygen atoms in total. The molecule has 0 bridgehead atoms. The van der Waals surface area contributed by atoms with Crippen LogP contribution in [0, 0.1) is 5.82 Å². The molecule has 2 rings (SSSR count). The molecule has 2 aromatic rings. The second-order valence-corrected chi connectivity index (χ2v) is 7.41. The molecule has 0 aliphatic rings. The Morgan fingerprint density at radius 1 is 1.35 bits per heavy atom. The zero-order chi connectivity index (χ0) is 12.4. The summed E-state index contributed by atoms with van der Waals surface area (Å²) in [5.74, 6) is -0.0835. The summed E-state index contributed by atoms with van der Waals surface area (Å²) in [6, 6.07) is 7.81. The van der Waals surface area contributed by atoms with Crippen LogP contribution in [-0.2, 0) is 16.6 Å². The normalized spacial score (nSPS) is 12.6. The molecular formula is C11H9BrFNOS2. The van der Waals surface area contributed by atoms with Crippen LogP contribution in [0.3, 0.4) is 0 Å². The van der Waals surface area contributed by atoms with Gasteiger partial charge in [-0.1, -0.05) is 0 Å². The highest BCUT2D eigenvalue weighted by atomic mass is 79.9. The van der Waals surface area contributed by atoms with Crippen molar-refractivity contribution in [2.75, 3.05) is 5.73 Å². The largest absolute Gasteiger partial charge is 0.399 e. The third kappa shape index (κ3) is 3.37. The van der Waals surface area contributed by atoms with Crippen LogP contribution in [-0.4, -0.2) is 4.21 Å². The van der Waals surface area contributed by atoms with E-state index < -0.39 is 16.6 Å². The molecule has 1 heterocycles. The first-order valence-corrected chi connectivity index (χ1v) is 7.66. The van der Waals surface area contributed by atoms with E-state index in [1.54, 1.807) is 6.07 Å². The van der Waals surface area contributed by atoms with Crippen molar-refractivity contribution >= 4 is 43.8 Å². The predicted octanol–water partition coefficient (Wildman–Crippen LogP) is 3.54. The van der Waals surface area contributed by atoms with Gasteiger partial charge in [-0.3, -0.25) is 4.21 Å². The molecular weight excluding hydrogens is 325 g/mol. The fourth-order valence-electron chi connectivity index (χ4n) is 1.36. The number of anilines is 1. The number of nitrogen functional groups attached to an aromatic ring is 1. The van der Waals surface area contributed by atoms with Gasteiger partial charge in [-0.2, -0.15) is 0 Å². The quantitative estimate of drug-likeness (QED) is 0.873. The molecule has 0 saturated heterocycles. The van der Waals surface area contributed by atoms with Gasteiger partial charge < -0.3 is 5.73 Å². The lowest BCUT2D eigenvalue weighted by Crippen LogP contribution is -1.97. The molecule has 0 amide bonds. The third-order valence-electron chi connectivity index (χ3n) is 2.06. The molecule has 0 radical (unpaired) electrons. The Morgan fingerprint density at radius 3 is 2.71 bits per heavy atom. The monoisotopic (exact) mass is 333 g/mol. The Balaban J connectivity index is 2.19. The van der Waals surface area contributed by atoms with Crippen molar-refractivity contribution in [2.45, 2.75) is 10.6 Å². The topological polar surface area (TPSA) is 43.1 Å². The van der Waals surface area contributed by atoms with Crippen LogP contribution in [0.1, 0.15) is 4.88 Å².